The first kappa shape index (κ1) is 27.2. The normalized spacial score (nSPS) is 21.5. The summed E-state index contributed by atoms with van der Waals surface area (Å²) in [5.41, 5.74) is 5.21. The molecular weight excluding hydrogens is 448 g/mol. The number of amides is 1. The monoisotopic (exact) mass is 487 g/mol. The van der Waals surface area contributed by atoms with E-state index in [0.717, 1.165) is 31.7 Å². The predicted octanol–water partition coefficient (Wildman–Crippen LogP) is 5.11. The van der Waals surface area contributed by atoms with Gasteiger partial charge in [-0.1, -0.05) is 45.0 Å². The molecule has 1 saturated carbocycles. The van der Waals surface area contributed by atoms with Gasteiger partial charge in [0.25, 0.3) is 0 Å². The van der Waals surface area contributed by atoms with Gasteiger partial charge in [-0.25, -0.2) is 14.3 Å². The molecule has 5 nitrogen and oxygen atoms in total. The minimum absolute atomic E-state index is 0.0256. The fourth-order valence-corrected chi connectivity index (χ4v) is 5.10. The number of hydrogen-bond donors (Lipinski definition) is 4. The van der Waals surface area contributed by atoms with Crippen LogP contribution < -0.4 is 16.1 Å². The molecule has 3 rings (SSSR count). The first-order valence-corrected chi connectivity index (χ1v) is 12.5. The van der Waals surface area contributed by atoms with Gasteiger partial charge in [-0.2, -0.15) is 0 Å². The molecule has 7 heteroatoms. The number of carbonyl (C=O) groups is 1. The summed E-state index contributed by atoms with van der Waals surface area (Å²) in [6, 6.07) is 12.0. The van der Waals surface area contributed by atoms with Crippen molar-refractivity contribution in [2.45, 2.75) is 89.3 Å². The van der Waals surface area contributed by atoms with E-state index in [2.05, 4.69) is 61.2 Å². The molecule has 0 bridgehead atoms. The summed E-state index contributed by atoms with van der Waals surface area (Å²) in [7, 11) is 0. The number of rotatable bonds is 9. The van der Waals surface area contributed by atoms with Crippen LogP contribution in [0.1, 0.15) is 76.5 Å². The van der Waals surface area contributed by atoms with E-state index in [0.29, 0.717) is 24.9 Å². The molecule has 1 aliphatic carbocycles. The summed E-state index contributed by atoms with van der Waals surface area (Å²) in [5, 5.41) is 16.1. The van der Waals surface area contributed by atoms with Gasteiger partial charge in [0, 0.05) is 30.6 Å². The maximum atomic E-state index is 13.7. The Bertz CT molecular complexity index is 978. The third-order valence-corrected chi connectivity index (χ3v) is 7.07. The fourth-order valence-electron chi connectivity index (χ4n) is 5.10. The predicted molar refractivity (Wildman–Crippen MR) is 134 cm³/mol. The van der Waals surface area contributed by atoms with Crippen LogP contribution in [0.4, 0.5) is 8.78 Å². The summed E-state index contributed by atoms with van der Waals surface area (Å²) in [6.45, 7) is 8.68. The third-order valence-electron chi connectivity index (χ3n) is 7.07. The molecule has 35 heavy (non-hydrogen) atoms. The molecule has 1 aliphatic rings. The Balaban J connectivity index is 1.77. The molecule has 0 radical (unpaired) electrons. The highest BCUT2D eigenvalue weighted by molar-refractivity contribution is 5.73. The number of nitrogens with one attached hydrogen (secondary N) is 3. The van der Waals surface area contributed by atoms with Crippen LogP contribution in [0, 0.1) is 11.6 Å². The lowest BCUT2D eigenvalue weighted by atomic mass is 9.73. The van der Waals surface area contributed by atoms with Gasteiger partial charge in [-0.15, -0.1) is 0 Å². The van der Waals surface area contributed by atoms with Gasteiger partial charge in [-0.3, -0.25) is 4.79 Å². The largest absolute Gasteiger partial charge is 0.353 e. The first-order chi connectivity index (χ1) is 16.5. The summed E-state index contributed by atoms with van der Waals surface area (Å²) in [6.07, 6.45) is 4.35. The molecule has 4 N–H and O–H groups in total. The molecule has 0 aliphatic heterocycles. The second kappa shape index (κ2) is 11.6. The van der Waals surface area contributed by atoms with Crippen LogP contribution in [-0.2, 0) is 22.2 Å². The van der Waals surface area contributed by atoms with E-state index in [9.17, 15) is 18.8 Å². The molecule has 0 unspecified atom stereocenters. The van der Waals surface area contributed by atoms with Crippen LogP contribution in [0.5, 0.6) is 0 Å². The second-order valence-corrected chi connectivity index (χ2v) is 10.9. The van der Waals surface area contributed by atoms with Crippen molar-refractivity contribution in [1.29, 1.82) is 0 Å². The molecule has 2 aromatic rings. The van der Waals surface area contributed by atoms with Crippen LogP contribution in [0.3, 0.4) is 0 Å². The Hall–Kier alpha value is -2.35. The van der Waals surface area contributed by atoms with E-state index in [1.54, 1.807) is 0 Å². The van der Waals surface area contributed by atoms with Crippen LogP contribution in [0.25, 0.3) is 0 Å². The smallest absolute Gasteiger partial charge is 0.217 e. The van der Waals surface area contributed by atoms with E-state index in [1.807, 2.05) is 0 Å². The molecule has 192 valence electrons. The zero-order valence-corrected chi connectivity index (χ0v) is 21.3. The van der Waals surface area contributed by atoms with E-state index >= 15 is 0 Å². The molecule has 0 heterocycles. The van der Waals surface area contributed by atoms with Gasteiger partial charge in [0.15, 0.2) is 0 Å². The summed E-state index contributed by atoms with van der Waals surface area (Å²) in [5.74, 6) is -1.41. The number of benzene rings is 2. The second-order valence-electron chi connectivity index (χ2n) is 10.9. The Morgan fingerprint density at radius 1 is 1.11 bits per heavy atom. The van der Waals surface area contributed by atoms with Gasteiger partial charge in [-0.05, 0) is 79.3 Å². The number of halogens is 2. The molecule has 1 fully saturated rings. The van der Waals surface area contributed by atoms with Crippen LogP contribution in [0.2, 0.25) is 0 Å². The lowest BCUT2D eigenvalue weighted by Gasteiger charge is -2.42. The molecule has 0 aromatic heterocycles. The molecule has 1 atom stereocenters. The van der Waals surface area contributed by atoms with Crippen LogP contribution >= 0.6 is 0 Å². The van der Waals surface area contributed by atoms with Crippen LogP contribution in [0.15, 0.2) is 42.5 Å². The zero-order valence-electron chi connectivity index (χ0n) is 21.3. The van der Waals surface area contributed by atoms with Gasteiger partial charge in [0.2, 0.25) is 5.91 Å². The lowest BCUT2D eigenvalue weighted by molar-refractivity contribution is -0.119. The number of hydroxylamine groups is 1. The van der Waals surface area contributed by atoms with E-state index in [4.69, 9.17) is 0 Å². The SMILES string of the molecule is CC(=O)N[C@H](CCNC1(c2cccc(C(C)(C)C)c2)CCC(NO)CC1)Cc1cc(F)cc(F)c1. The standard InChI is InChI=1S/C28H39F2N3O2/c1-19(34)32-26(16-20-14-23(29)18-24(30)15-20)10-13-31-28(11-8-25(33-35)9-12-28)22-7-5-6-21(17-22)27(2,3)4/h5-7,14-15,17-18,25-26,31,33,35H,8-13,16H2,1-4H3,(H,32,34)/t25?,26-,28?/m1/s1. The highest BCUT2D eigenvalue weighted by Crippen LogP contribution is 2.38. The van der Waals surface area contributed by atoms with Crippen molar-refractivity contribution >= 4 is 5.91 Å². The third kappa shape index (κ3) is 7.56. The van der Waals surface area contributed by atoms with Gasteiger partial charge >= 0.3 is 0 Å². The first-order valence-electron chi connectivity index (χ1n) is 12.5. The fraction of sp³-hybridized carbons (Fsp3) is 0.536. The zero-order chi connectivity index (χ0) is 25.6. The van der Waals surface area contributed by atoms with Gasteiger partial charge in [0.1, 0.15) is 11.6 Å². The molecule has 1 amide bonds. The Labute approximate surface area is 207 Å². The molecular formula is C28H39F2N3O2. The Kier molecular flexibility index (Phi) is 9.02. The highest BCUT2D eigenvalue weighted by atomic mass is 19.1. The minimum Gasteiger partial charge on any atom is -0.353 e. The van der Waals surface area contributed by atoms with E-state index < -0.39 is 11.6 Å². The van der Waals surface area contributed by atoms with E-state index in [-0.39, 0.29) is 28.9 Å². The van der Waals surface area contributed by atoms with Crippen molar-refractivity contribution in [2.75, 3.05) is 6.54 Å². The average Bonchev–Trinajstić information content (AvgIpc) is 2.78. The Morgan fingerprint density at radius 2 is 1.77 bits per heavy atom. The average molecular weight is 488 g/mol. The van der Waals surface area contributed by atoms with Gasteiger partial charge in [0.05, 0.1) is 0 Å². The topological polar surface area (TPSA) is 73.4 Å². The van der Waals surface area contributed by atoms with Crippen LogP contribution in [-0.4, -0.2) is 29.7 Å². The van der Waals surface area contributed by atoms with E-state index in [1.165, 1.54) is 30.2 Å². The summed E-state index contributed by atoms with van der Waals surface area (Å²) >= 11 is 0. The van der Waals surface area contributed by atoms with Crippen molar-refractivity contribution < 1.29 is 18.8 Å². The quantitative estimate of drug-likeness (QED) is 0.371. The van der Waals surface area contributed by atoms with Gasteiger partial charge < -0.3 is 15.8 Å². The van der Waals surface area contributed by atoms with Crippen molar-refractivity contribution in [3.05, 3.63) is 70.8 Å². The molecule has 2 aromatic carbocycles. The number of carbonyl (C=O) groups excluding carboxylic acids is 1. The summed E-state index contributed by atoms with van der Waals surface area (Å²) < 4.78 is 27.4. The maximum absolute atomic E-state index is 13.7. The van der Waals surface area contributed by atoms with Crippen molar-refractivity contribution in [2.24, 2.45) is 0 Å². The Morgan fingerprint density at radius 3 is 2.34 bits per heavy atom. The van der Waals surface area contributed by atoms with Crippen molar-refractivity contribution in [3.8, 4) is 0 Å². The highest BCUT2D eigenvalue weighted by Gasteiger charge is 2.37. The molecule has 0 spiro atoms. The lowest BCUT2D eigenvalue weighted by Crippen LogP contribution is -2.49. The minimum atomic E-state index is -0.619. The maximum Gasteiger partial charge on any atom is 0.217 e. The summed E-state index contributed by atoms with van der Waals surface area (Å²) in [4.78, 5) is 11.8. The van der Waals surface area contributed by atoms with Crippen molar-refractivity contribution in [1.82, 2.24) is 16.1 Å². The van der Waals surface area contributed by atoms with Crippen molar-refractivity contribution in [3.63, 3.8) is 0 Å². The molecule has 0 saturated heterocycles. The number of hydrogen-bond acceptors (Lipinski definition) is 4.